The highest BCUT2D eigenvalue weighted by Crippen LogP contribution is 2.77. The fourth-order valence-electron chi connectivity index (χ4n) is 7.89. The summed E-state index contributed by atoms with van der Waals surface area (Å²) in [6.45, 7) is 4.66. The standard InChI is InChI=1S/C20H26/c1-4-12(3)20-9-16-13-6-19(5-2)7-14(16)18(11-20)15(8-19)17(13)10-20/h2,4,13-18H,6-11H2,1,3H3. The van der Waals surface area contributed by atoms with Crippen LogP contribution in [0, 0.1) is 58.7 Å². The van der Waals surface area contributed by atoms with Gasteiger partial charge in [0.2, 0.25) is 0 Å². The summed E-state index contributed by atoms with van der Waals surface area (Å²) in [6.07, 6.45) is 17.0. The summed E-state index contributed by atoms with van der Waals surface area (Å²) in [5.74, 6) is 9.35. The molecule has 0 aromatic rings. The molecule has 106 valence electrons. The van der Waals surface area contributed by atoms with Crippen molar-refractivity contribution in [3.8, 4) is 12.3 Å². The number of hydrogen-bond acceptors (Lipinski definition) is 0. The molecule has 0 heterocycles. The summed E-state index contributed by atoms with van der Waals surface area (Å²) < 4.78 is 0. The van der Waals surface area contributed by atoms with Crippen LogP contribution in [0.3, 0.4) is 0 Å². The summed E-state index contributed by atoms with van der Waals surface area (Å²) in [7, 11) is 0. The van der Waals surface area contributed by atoms with Crippen molar-refractivity contribution in [1.29, 1.82) is 0 Å². The first-order valence-electron chi connectivity index (χ1n) is 8.73. The summed E-state index contributed by atoms with van der Waals surface area (Å²) in [5, 5.41) is 0. The molecule has 7 fully saturated rings. The van der Waals surface area contributed by atoms with Crippen LogP contribution in [-0.2, 0) is 0 Å². The van der Waals surface area contributed by atoms with E-state index in [9.17, 15) is 0 Å². The minimum Gasteiger partial charge on any atom is -0.120 e. The molecule has 0 heteroatoms. The molecule has 0 spiro atoms. The SMILES string of the molecule is C#CC12CC3C4CC5(C(C)=CC)CC3C(C1)C(C5)C4C2. The Bertz CT molecular complexity index is 480. The molecule has 0 atom stereocenters. The Morgan fingerprint density at radius 1 is 0.900 bits per heavy atom. The summed E-state index contributed by atoms with van der Waals surface area (Å²) in [4.78, 5) is 0. The van der Waals surface area contributed by atoms with Crippen molar-refractivity contribution in [3.05, 3.63) is 11.6 Å². The van der Waals surface area contributed by atoms with E-state index in [0.29, 0.717) is 10.8 Å². The molecule has 0 nitrogen and oxygen atoms in total. The average molecular weight is 266 g/mol. The Hall–Kier alpha value is -0.700. The molecular formula is C20H26. The van der Waals surface area contributed by atoms with Crippen LogP contribution in [0.4, 0.5) is 0 Å². The number of terminal acetylenes is 1. The first-order valence-corrected chi connectivity index (χ1v) is 8.73. The molecule has 20 heavy (non-hydrogen) atoms. The predicted octanol–water partition coefficient (Wildman–Crippen LogP) is 4.66. The van der Waals surface area contributed by atoms with Crippen molar-refractivity contribution in [1.82, 2.24) is 0 Å². The molecule has 0 saturated heterocycles. The lowest BCUT2D eigenvalue weighted by Gasteiger charge is -2.74. The van der Waals surface area contributed by atoms with E-state index < -0.39 is 0 Å². The average Bonchev–Trinajstić information content (AvgIpc) is 2.50. The molecule has 7 aliphatic rings. The lowest BCUT2D eigenvalue weighted by Crippen LogP contribution is -2.67. The fraction of sp³-hybridized carbons (Fsp3) is 0.800. The maximum atomic E-state index is 5.97. The van der Waals surface area contributed by atoms with E-state index in [2.05, 4.69) is 25.8 Å². The minimum absolute atomic E-state index is 0.330. The van der Waals surface area contributed by atoms with E-state index in [4.69, 9.17) is 6.42 Å². The van der Waals surface area contributed by atoms with E-state index in [0.717, 1.165) is 35.5 Å². The van der Waals surface area contributed by atoms with E-state index in [1.54, 1.807) is 5.57 Å². The van der Waals surface area contributed by atoms with Crippen LogP contribution in [0.25, 0.3) is 0 Å². The first-order chi connectivity index (χ1) is 9.61. The van der Waals surface area contributed by atoms with Crippen LogP contribution in [0.5, 0.6) is 0 Å². The molecule has 0 N–H and O–H groups in total. The topological polar surface area (TPSA) is 0 Å². The lowest BCUT2D eigenvalue weighted by atomic mass is 9.30. The second kappa shape index (κ2) is 3.37. The van der Waals surface area contributed by atoms with Crippen molar-refractivity contribution >= 4 is 0 Å². The van der Waals surface area contributed by atoms with Crippen LogP contribution in [-0.4, -0.2) is 0 Å². The normalized spacial score (nSPS) is 62.0. The van der Waals surface area contributed by atoms with Gasteiger partial charge in [-0.15, -0.1) is 6.42 Å². The van der Waals surface area contributed by atoms with Gasteiger partial charge in [-0.25, -0.2) is 0 Å². The van der Waals surface area contributed by atoms with Crippen LogP contribution in [0.15, 0.2) is 11.6 Å². The highest BCUT2D eigenvalue weighted by Gasteiger charge is 2.70. The van der Waals surface area contributed by atoms with Crippen LogP contribution >= 0.6 is 0 Å². The van der Waals surface area contributed by atoms with Gasteiger partial charge in [0, 0.05) is 5.41 Å². The number of rotatable bonds is 1. The molecule has 7 saturated carbocycles. The van der Waals surface area contributed by atoms with Gasteiger partial charge in [0.15, 0.2) is 0 Å². The van der Waals surface area contributed by atoms with Gasteiger partial charge < -0.3 is 0 Å². The Labute approximate surface area is 123 Å². The van der Waals surface area contributed by atoms with Crippen molar-refractivity contribution in [3.63, 3.8) is 0 Å². The first kappa shape index (κ1) is 11.9. The third-order valence-electron chi connectivity index (χ3n) is 8.63. The molecule has 7 rings (SSSR count). The molecule has 0 radical (unpaired) electrons. The number of allylic oxidation sites excluding steroid dienone is 2. The van der Waals surface area contributed by atoms with E-state index >= 15 is 0 Å². The van der Waals surface area contributed by atoms with E-state index in [1.807, 2.05) is 0 Å². The van der Waals surface area contributed by atoms with Gasteiger partial charge in [-0.05, 0) is 93.3 Å². The summed E-state index contributed by atoms with van der Waals surface area (Å²) in [5.41, 5.74) is 2.64. The fourth-order valence-corrected chi connectivity index (χ4v) is 7.89. The lowest BCUT2D eigenvalue weighted by molar-refractivity contribution is -0.237. The third kappa shape index (κ3) is 1.11. The third-order valence-corrected chi connectivity index (χ3v) is 8.63. The molecule has 0 aliphatic heterocycles. The zero-order valence-electron chi connectivity index (χ0n) is 12.9. The Balaban J connectivity index is 1.61. The van der Waals surface area contributed by atoms with Crippen molar-refractivity contribution in [2.24, 2.45) is 46.3 Å². The molecule has 0 amide bonds. The second-order valence-electron chi connectivity index (χ2n) is 8.88. The molecule has 7 aliphatic carbocycles. The van der Waals surface area contributed by atoms with Crippen LogP contribution in [0.2, 0.25) is 0 Å². The highest BCUT2D eigenvalue weighted by molar-refractivity contribution is 5.28. The Morgan fingerprint density at radius 3 is 1.65 bits per heavy atom. The van der Waals surface area contributed by atoms with Crippen LogP contribution < -0.4 is 0 Å². The maximum absolute atomic E-state index is 5.97. The molecule has 8 bridgehead atoms. The van der Waals surface area contributed by atoms with Gasteiger partial charge in [0.05, 0.1) is 0 Å². The van der Waals surface area contributed by atoms with Gasteiger partial charge in [0.1, 0.15) is 0 Å². The van der Waals surface area contributed by atoms with E-state index in [-0.39, 0.29) is 0 Å². The van der Waals surface area contributed by atoms with Crippen molar-refractivity contribution in [2.75, 3.05) is 0 Å². The molecule has 0 unspecified atom stereocenters. The van der Waals surface area contributed by atoms with Gasteiger partial charge in [-0.3, -0.25) is 0 Å². The predicted molar refractivity (Wildman–Crippen MR) is 81.8 cm³/mol. The molecular weight excluding hydrogens is 240 g/mol. The van der Waals surface area contributed by atoms with Crippen molar-refractivity contribution < 1.29 is 0 Å². The van der Waals surface area contributed by atoms with Crippen LogP contribution in [0.1, 0.15) is 52.4 Å². The Morgan fingerprint density at radius 2 is 1.30 bits per heavy atom. The monoisotopic (exact) mass is 266 g/mol. The van der Waals surface area contributed by atoms with Gasteiger partial charge >= 0.3 is 0 Å². The Kier molecular flexibility index (Phi) is 2.01. The van der Waals surface area contributed by atoms with E-state index in [1.165, 1.54) is 38.5 Å². The quantitative estimate of drug-likeness (QED) is 0.478. The summed E-state index contributed by atoms with van der Waals surface area (Å²) in [6, 6.07) is 0. The molecule has 0 aromatic heterocycles. The van der Waals surface area contributed by atoms with Gasteiger partial charge in [-0.1, -0.05) is 17.6 Å². The number of hydrogen-bond donors (Lipinski definition) is 0. The summed E-state index contributed by atoms with van der Waals surface area (Å²) >= 11 is 0. The van der Waals surface area contributed by atoms with Crippen molar-refractivity contribution in [2.45, 2.75) is 52.4 Å². The highest BCUT2D eigenvalue weighted by atomic mass is 14.7. The maximum Gasteiger partial charge on any atom is 0.0320 e. The smallest absolute Gasteiger partial charge is 0.0320 e. The van der Waals surface area contributed by atoms with Gasteiger partial charge in [0.25, 0.3) is 0 Å². The zero-order chi connectivity index (χ0) is 13.7. The second-order valence-corrected chi connectivity index (χ2v) is 8.88. The zero-order valence-corrected chi connectivity index (χ0v) is 12.9. The van der Waals surface area contributed by atoms with Gasteiger partial charge in [-0.2, -0.15) is 0 Å². The minimum atomic E-state index is 0.330. The largest absolute Gasteiger partial charge is 0.120 e. The molecule has 0 aromatic carbocycles.